The SMILES string of the molecule is O=C(CCc1ccc(Cl)nc1)N1CCCc2c(-c3ccnnc3)n[nH]c21. The number of aromatic nitrogens is 5. The molecule has 1 aliphatic heterocycles. The number of carbonyl (C=O) groups is 1. The molecule has 1 amide bonds. The van der Waals surface area contributed by atoms with Gasteiger partial charge in [0.05, 0.1) is 18.1 Å². The van der Waals surface area contributed by atoms with E-state index in [0.717, 1.165) is 41.0 Å². The van der Waals surface area contributed by atoms with E-state index in [2.05, 4.69) is 25.4 Å². The van der Waals surface area contributed by atoms with Crippen LogP contribution in [0.25, 0.3) is 11.3 Å². The number of amides is 1. The number of pyridine rings is 1. The van der Waals surface area contributed by atoms with Gasteiger partial charge in [-0.15, -0.1) is 0 Å². The molecule has 1 N–H and O–H groups in total. The molecule has 4 rings (SSSR count). The third kappa shape index (κ3) is 3.30. The van der Waals surface area contributed by atoms with Crippen LogP contribution in [0.2, 0.25) is 5.15 Å². The molecule has 0 saturated heterocycles. The maximum atomic E-state index is 12.8. The van der Waals surface area contributed by atoms with E-state index in [1.165, 1.54) is 0 Å². The monoisotopic (exact) mass is 368 g/mol. The van der Waals surface area contributed by atoms with Gasteiger partial charge in [-0.2, -0.15) is 15.3 Å². The first-order valence-electron chi connectivity index (χ1n) is 8.47. The lowest BCUT2D eigenvalue weighted by atomic mass is 10.0. The molecular formula is C18H17ClN6O. The minimum absolute atomic E-state index is 0.0731. The number of anilines is 1. The summed E-state index contributed by atoms with van der Waals surface area (Å²) in [5.41, 5.74) is 3.80. The van der Waals surface area contributed by atoms with Crippen LogP contribution in [0.15, 0.2) is 36.8 Å². The number of H-pyrrole nitrogens is 1. The highest BCUT2D eigenvalue weighted by Gasteiger charge is 2.27. The summed E-state index contributed by atoms with van der Waals surface area (Å²) in [6.07, 6.45) is 7.87. The average molecular weight is 369 g/mol. The Morgan fingerprint density at radius 2 is 2.15 bits per heavy atom. The molecule has 1 aliphatic rings. The van der Waals surface area contributed by atoms with E-state index in [1.54, 1.807) is 29.6 Å². The van der Waals surface area contributed by atoms with Crippen molar-refractivity contribution in [3.05, 3.63) is 53.1 Å². The van der Waals surface area contributed by atoms with Crippen molar-refractivity contribution >= 4 is 23.3 Å². The molecule has 0 radical (unpaired) electrons. The number of nitrogens with zero attached hydrogens (tertiary/aromatic N) is 5. The van der Waals surface area contributed by atoms with Crippen LogP contribution < -0.4 is 4.90 Å². The van der Waals surface area contributed by atoms with Crippen LogP contribution in [0.3, 0.4) is 0 Å². The summed E-state index contributed by atoms with van der Waals surface area (Å²) in [7, 11) is 0. The zero-order valence-electron chi connectivity index (χ0n) is 14.0. The minimum Gasteiger partial charge on any atom is -0.297 e. The third-order valence-corrected chi connectivity index (χ3v) is 4.72. The Hall–Kier alpha value is -2.80. The van der Waals surface area contributed by atoms with E-state index in [0.29, 0.717) is 24.5 Å². The van der Waals surface area contributed by atoms with Crippen LogP contribution in [0.4, 0.5) is 5.82 Å². The third-order valence-electron chi connectivity index (χ3n) is 4.50. The molecule has 0 aromatic carbocycles. The normalized spacial score (nSPS) is 13.5. The van der Waals surface area contributed by atoms with Crippen molar-refractivity contribution in [1.29, 1.82) is 0 Å². The smallest absolute Gasteiger partial charge is 0.228 e. The molecule has 132 valence electrons. The van der Waals surface area contributed by atoms with Gasteiger partial charge in [0.25, 0.3) is 0 Å². The Labute approximate surface area is 155 Å². The van der Waals surface area contributed by atoms with Gasteiger partial charge in [-0.1, -0.05) is 17.7 Å². The van der Waals surface area contributed by atoms with Crippen molar-refractivity contribution in [2.45, 2.75) is 25.7 Å². The van der Waals surface area contributed by atoms with E-state index in [9.17, 15) is 4.79 Å². The number of hydrogen-bond acceptors (Lipinski definition) is 5. The summed E-state index contributed by atoms with van der Waals surface area (Å²) in [6.45, 7) is 0.695. The standard InChI is InChI=1S/C18H17ClN6O/c19-15-5-3-12(10-20-15)4-6-16(26)25-9-1-2-14-17(23-24-18(14)25)13-7-8-21-22-11-13/h3,5,7-8,10-11H,1-2,4,6,9H2,(H,23,24). The lowest BCUT2D eigenvalue weighted by molar-refractivity contribution is -0.118. The number of halogens is 1. The molecule has 3 aromatic rings. The van der Waals surface area contributed by atoms with Crippen molar-refractivity contribution in [2.24, 2.45) is 0 Å². The van der Waals surface area contributed by atoms with Gasteiger partial charge in [-0.3, -0.25) is 14.8 Å². The van der Waals surface area contributed by atoms with Crippen LogP contribution >= 0.6 is 11.6 Å². The zero-order valence-corrected chi connectivity index (χ0v) is 14.8. The van der Waals surface area contributed by atoms with Crippen LogP contribution in [0, 0.1) is 0 Å². The molecular weight excluding hydrogens is 352 g/mol. The molecule has 8 heteroatoms. The predicted molar refractivity (Wildman–Crippen MR) is 97.9 cm³/mol. The Bertz CT molecular complexity index is 909. The van der Waals surface area contributed by atoms with Crippen molar-refractivity contribution < 1.29 is 4.79 Å². The predicted octanol–water partition coefficient (Wildman–Crippen LogP) is 2.83. The van der Waals surface area contributed by atoms with Crippen LogP contribution in [0.1, 0.15) is 24.0 Å². The molecule has 0 aliphatic carbocycles. The first-order chi connectivity index (χ1) is 12.7. The average Bonchev–Trinajstić information content (AvgIpc) is 3.12. The van der Waals surface area contributed by atoms with Crippen LogP contribution in [0.5, 0.6) is 0 Å². The highest BCUT2D eigenvalue weighted by molar-refractivity contribution is 6.29. The van der Waals surface area contributed by atoms with Crippen molar-refractivity contribution in [2.75, 3.05) is 11.4 Å². The van der Waals surface area contributed by atoms with Gasteiger partial charge in [-0.25, -0.2) is 4.98 Å². The fourth-order valence-corrected chi connectivity index (χ4v) is 3.31. The van der Waals surface area contributed by atoms with E-state index >= 15 is 0 Å². The quantitative estimate of drug-likeness (QED) is 0.715. The van der Waals surface area contributed by atoms with Crippen molar-refractivity contribution in [3.8, 4) is 11.3 Å². The number of fused-ring (bicyclic) bond motifs is 1. The number of carbonyl (C=O) groups excluding carboxylic acids is 1. The summed E-state index contributed by atoms with van der Waals surface area (Å²) < 4.78 is 0. The highest BCUT2D eigenvalue weighted by Crippen LogP contribution is 2.33. The Kier molecular flexibility index (Phi) is 4.62. The first-order valence-corrected chi connectivity index (χ1v) is 8.85. The summed E-state index contributed by atoms with van der Waals surface area (Å²) in [6, 6.07) is 5.51. The molecule has 7 nitrogen and oxygen atoms in total. The van der Waals surface area contributed by atoms with E-state index in [1.807, 2.05) is 12.1 Å². The first kappa shape index (κ1) is 16.7. The zero-order chi connectivity index (χ0) is 17.9. The minimum atomic E-state index is 0.0731. The van der Waals surface area contributed by atoms with E-state index < -0.39 is 0 Å². The Balaban J connectivity index is 1.51. The molecule has 0 spiro atoms. The number of aryl methyl sites for hydroxylation is 1. The van der Waals surface area contributed by atoms with Crippen molar-refractivity contribution in [1.82, 2.24) is 25.4 Å². The van der Waals surface area contributed by atoms with Gasteiger partial charge in [0.1, 0.15) is 11.0 Å². The maximum absolute atomic E-state index is 12.8. The fraction of sp³-hybridized carbons (Fsp3) is 0.278. The lowest BCUT2D eigenvalue weighted by Gasteiger charge is -2.26. The molecule has 3 aromatic heterocycles. The van der Waals surface area contributed by atoms with E-state index in [4.69, 9.17) is 11.6 Å². The van der Waals surface area contributed by atoms with Crippen LogP contribution in [-0.4, -0.2) is 37.8 Å². The second kappa shape index (κ2) is 7.21. The number of hydrogen-bond donors (Lipinski definition) is 1. The second-order valence-corrected chi connectivity index (χ2v) is 6.56. The number of rotatable bonds is 4. The summed E-state index contributed by atoms with van der Waals surface area (Å²) in [4.78, 5) is 18.6. The van der Waals surface area contributed by atoms with Gasteiger partial charge < -0.3 is 0 Å². The molecule has 0 atom stereocenters. The molecule has 26 heavy (non-hydrogen) atoms. The van der Waals surface area contributed by atoms with Gasteiger partial charge in [-0.05, 0) is 37.0 Å². The largest absolute Gasteiger partial charge is 0.297 e. The molecule has 4 heterocycles. The molecule has 0 saturated carbocycles. The Morgan fingerprint density at radius 3 is 2.92 bits per heavy atom. The summed E-state index contributed by atoms with van der Waals surface area (Å²) in [5, 5.41) is 15.6. The van der Waals surface area contributed by atoms with Crippen LogP contribution in [-0.2, 0) is 17.6 Å². The summed E-state index contributed by atoms with van der Waals surface area (Å²) >= 11 is 5.80. The van der Waals surface area contributed by atoms with Gasteiger partial charge in [0, 0.05) is 30.3 Å². The lowest BCUT2D eigenvalue weighted by Crippen LogP contribution is -2.35. The number of nitrogens with one attached hydrogen (secondary N) is 1. The highest BCUT2D eigenvalue weighted by atomic mass is 35.5. The second-order valence-electron chi connectivity index (χ2n) is 6.17. The Morgan fingerprint density at radius 1 is 1.23 bits per heavy atom. The van der Waals surface area contributed by atoms with Gasteiger partial charge in [0.15, 0.2) is 0 Å². The van der Waals surface area contributed by atoms with Gasteiger partial charge >= 0.3 is 0 Å². The summed E-state index contributed by atoms with van der Waals surface area (Å²) in [5.74, 6) is 0.867. The van der Waals surface area contributed by atoms with E-state index in [-0.39, 0.29) is 5.91 Å². The molecule has 0 unspecified atom stereocenters. The number of aromatic amines is 1. The van der Waals surface area contributed by atoms with Gasteiger partial charge in [0.2, 0.25) is 5.91 Å². The molecule has 0 fully saturated rings. The molecule has 0 bridgehead atoms. The topological polar surface area (TPSA) is 87.7 Å². The fourth-order valence-electron chi connectivity index (χ4n) is 3.20. The maximum Gasteiger partial charge on any atom is 0.228 e. The van der Waals surface area contributed by atoms with Crippen molar-refractivity contribution in [3.63, 3.8) is 0 Å².